The highest BCUT2D eigenvalue weighted by Gasteiger charge is 2.38. The Morgan fingerprint density at radius 2 is 1.64 bits per heavy atom. The molecule has 0 aliphatic heterocycles. The van der Waals surface area contributed by atoms with Gasteiger partial charge in [-0.15, -0.1) is 11.3 Å². The Kier molecular flexibility index (Phi) is 12.0. The van der Waals surface area contributed by atoms with Gasteiger partial charge in [0.25, 0.3) is 0 Å². The van der Waals surface area contributed by atoms with Gasteiger partial charge >= 0.3 is 12.1 Å². The zero-order valence-corrected chi connectivity index (χ0v) is 22.2. The molecule has 210 valence electrons. The molecule has 2 aromatic carbocycles. The first-order chi connectivity index (χ1) is 18.3. The van der Waals surface area contributed by atoms with Crippen molar-refractivity contribution in [1.82, 2.24) is 15.6 Å². The SMILES string of the molecule is Nc1ncc(CNC(=O)[C@H](Cc2ccc(Cl)c(Cl)c2)NC(=O)[C@H](O)Cc2ccccc2)s1.O=C(O)C(F)(F)F. The third-order valence-electron chi connectivity index (χ3n) is 4.88. The van der Waals surface area contributed by atoms with Crippen molar-refractivity contribution < 1.29 is 37.8 Å². The van der Waals surface area contributed by atoms with Gasteiger partial charge in [-0.1, -0.05) is 59.6 Å². The smallest absolute Gasteiger partial charge is 0.475 e. The number of nitrogens with zero attached hydrogens (tertiary/aromatic N) is 1. The lowest BCUT2D eigenvalue weighted by atomic mass is 10.0. The third-order valence-corrected chi connectivity index (χ3v) is 6.45. The second-order valence-electron chi connectivity index (χ2n) is 7.90. The largest absolute Gasteiger partial charge is 0.490 e. The molecule has 0 unspecified atom stereocenters. The molecule has 1 aromatic heterocycles. The number of alkyl halides is 3. The van der Waals surface area contributed by atoms with E-state index in [0.29, 0.717) is 20.7 Å². The van der Waals surface area contributed by atoms with Crippen LogP contribution in [0.4, 0.5) is 18.3 Å². The lowest BCUT2D eigenvalue weighted by Gasteiger charge is -2.21. The average molecular weight is 607 g/mol. The minimum Gasteiger partial charge on any atom is -0.475 e. The van der Waals surface area contributed by atoms with Crippen LogP contribution in [0.2, 0.25) is 10.0 Å². The number of hydrogen-bond donors (Lipinski definition) is 5. The molecule has 0 aliphatic rings. The number of halogens is 5. The quantitative estimate of drug-likeness (QED) is 0.249. The van der Waals surface area contributed by atoms with Crippen LogP contribution in [0.5, 0.6) is 0 Å². The van der Waals surface area contributed by atoms with Crippen LogP contribution >= 0.6 is 34.5 Å². The fourth-order valence-electron chi connectivity index (χ4n) is 3.01. The van der Waals surface area contributed by atoms with Gasteiger partial charge in [-0.2, -0.15) is 13.2 Å². The lowest BCUT2D eigenvalue weighted by molar-refractivity contribution is -0.192. The minimum atomic E-state index is -5.08. The number of aliphatic carboxylic acids is 1. The Balaban J connectivity index is 0.000000673. The number of nitrogens with one attached hydrogen (secondary N) is 2. The van der Waals surface area contributed by atoms with Crippen molar-refractivity contribution in [2.24, 2.45) is 0 Å². The van der Waals surface area contributed by atoms with Gasteiger partial charge in [-0.3, -0.25) is 9.59 Å². The maximum atomic E-state index is 12.9. The van der Waals surface area contributed by atoms with Crippen molar-refractivity contribution in [3.05, 3.63) is 80.8 Å². The summed E-state index contributed by atoms with van der Waals surface area (Å²) < 4.78 is 31.7. The highest BCUT2D eigenvalue weighted by Crippen LogP contribution is 2.23. The molecule has 0 spiro atoms. The Morgan fingerprint density at radius 1 is 1.00 bits per heavy atom. The maximum Gasteiger partial charge on any atom is 0.490 e. The number of carbonyl (C=O) groups excluding carboxylic acids is 2. The fourth-order valence-corrected chi connectivity index (χ4v) is 3.96. The molecular weight excluding hydrogens is 584 g/mol. The molecule has 39 heavy (non-hydrogen) atoms. The number of aromatic nitrogens is 1. The van der Waals surface area contributed by atoms with Gasteiger partial charge in [0, 0.05) is 23.9 Å². The van der Waals surface area contributed by atoms with Gasteiger partial charge < -0.3 is 26.6 Å². The van der Waals surface area contributed by atoms with Gasteiger partial charge in [0.15, 0.2) is 5.13 Å². The lowest BCUT2D eigenvalue weighted by Crippen LogP contribution is -2.51. The first-order valence-electron chi connectivity index (χ1n) is 11.0. The van der Waals surface area contributed by atoms with Crippen molar-refractivity contribution in [2.45, 2.75) is 37.7 Å². The number of benzene rings is 2. The molecule has 2 atom stereocenters. The second-order valence-corrected chi connectivity index (χ2v) is 9.87. The number of thiazole rings is 1. The molecule has 15 heteroatoms. The first-order valence-corrected chi connectivity index (χ1v) is 12.6. The summed E-state index contributed by atoms with van der Waals surface area (Å²) >= 11 is 13.3. The molecule has 0 bridgehead atoms. The molecule has 3 rings (SSSR count). The summed E-state index contributed by atoms with van der Waals surface area (Å²) in [6.07, 6.45) is -4.51. The summed E-state index contributed by atoms with van der Waals surface area (Å²) in [5.41, 5.74) is 7.14. The Hall–Kier alpha value is -3.39. The van der Waals surface area contributed by atoms with E-state index < -0.39 is 36.1 Å². The second kappa shape index (κ2) is 14.7. The summed E-state index contributed by atoms with van der Waals surface area (Å²) in [4.78, 5) is 39.1. The predicted octanol–water partition coefficient (Wildman–Crippen LogP) is 3.61. The highest BCUT2D eigenvalue weighted by atomic mass is 35.5. The topological polar surface area (TPSA) is 155 Å². The van der Waals surface area contributed by atoms with E-state index in [2.05, 4.69) is 15.6 Å². The molecule has 0 fully saturated rings. The summed E-state index contributed by atoms with van der Waals surface area (Å²) in [7, 11) is 0. The van der Waals surface area contributed by atoms with E-state index in [4.69, 9.17) is 38.8 Å². The molecule has 3 aromatic rings. The summed E-state index contributed by atoms with van der Waals surface area (Å²) in [6.45, 7) is 0.216. The van der Waals surface area contributed by atoms with Crippen molar-refractivity contribution in [2.75, 3.05) is 5.73 Å². The number of aliphatic hydroxyl groups excluding tert-OH is 1. The standard InChI is InChI=1S/C22H22Cl2N4O3S.C2HF3O2/c23-16-7-6-14(8-17(16)24)9-18(20(30)26-11-15-12-27-22(25)32-15)28-21(31)19(29)10-13-4-2-1-3-5-13;3-2(4,5)1(6)7/h1-8,12,18-19,29H,9-11H2,(H2,25,27)(H,26,30)(H,28,31);(H,6,7)/t18-,19+;/m0./s1. The van der Waals surface area contributed by atoms with E-state index in [1.807, 2.05) is 30.3 Å². The van der Waals surface area contributed by atoms with Crippen LogP contribution in [0.25, 0.3) is 0 Å². The number of hydrogen-bond acceptors (Lipinski definition) is 7. The van der Waals surface area contributed by atoms with E-state index in [-0.39, 0.29) is 19.4 Å². The number of carboxylic acid groups (broad SMARTS) is 1. The van der Waals surface area contributed by atoms with Crippen molar-refractivity contribution >= 4 is 57.5 Å². The molecule has 0 aliphatic carbocycles. The number of carbonyl (C=O) groups is 3. The van der Waals surface area contributed by atoms with E-state index >= 15 is 0 Å². The number of nitrogens with two attached hydrogens (primary N) is 1. The maximum absolute atomic E-state index is 12.9. The third kappa shape index (κ3) is 11.1. The van der Waals surface area contributed by atoms with Gasteiger partial charge in [-0.05, 0) is 23.3 Å². The normalized spacial score (nSPS) is 12.5. The average Bonchev–Trinajstić information content (AvgIpc) is 3.29. The van der Waals surface area contributed by atoms with Gasteiger partial charge in [0.1, 0.15) is 12.1 Å². The van der Waals surface area contributed by atoms with Crippen molar-refractivity contribution in [3.63, 3.8) is 0 Å². The van der Waals surface area contributed by atoms with Crippen LogP contribution < -0.4 is 16.4 Å². The zero-order chi connectivity index (χ0) is 29.2. The fraction of sp³-hybridized carbons (Fsp3) is 0.250. The molecule has 0 saturated carbocycles. The molecule has 6 N–H and O–H groups in total. The van der Waals surface area contributed by atoms with Crippen LogP contribution in [0, 0.1) is 0 Å². The van der Waals surface area contributed by atoms with E-state index in [9.17, 15) is 27.9 Å². The number of amides is 2. The van der Waals surface area contributed by atoms with E-state index in [0.717, 1.165) is 10.4 Å². The number of carboxylic acids is 1. The Morgan fingerprint density at radius 3 is 2.18 bits per heavy atom. The minimum absolute atomic E-state index is 0.133. The molecule has 0 saturated heterocycles. The van der Waals surface area contributed by atoms with Crippen molar-refractivity contribution in [3.8, 4) is 0 Å². The molecule has 9 nitrogen and oxygen atoms in total. The molecular formula is C24H23Cl2F3N4O5S. The number of nitrogen functional groups attached to an aromatic ring is 1. The summed E-state index contributed by atoms with van der Waals surface area (Å²) in [5, 5.41) is 24.0. The molecule has 2 amide bonds. The van der Waals surface area contributed by atoms with Gasteiger partial charge in [-0.25, -0.2) is 9.78 Å². The predicted molar refractivity (Wildman–Crippen MR) is 140 cm³/mol. The highest BCUT2D eigenvalue weighted by molar-refractivity contribution is 7.15. The van der Waals surface area contributed by atoms with Gasteiger partial charge in [0.05, 0.1) is 16.6 Å². The van der Waals surface area contributed by atoms with Gasteiger partial charge in [0.2, 0.25) is 11.8 Å². The monoisotopic (exact) mass is 606 g/mol. The number of rotatable bonds is 9. The number of anilines is 1. The molecule has 1 heterocycles. The van der Waals surface area contributed by atoms with E-state index in [1.54, 1.807) is 24.4 Å². The van der Waals surface area contributed by atoms with Crippen LogP contribution in [-0.2, 0) is 33.8 Å². The Labute approximate surface area is 234 Å². The first kappa shape index (κ1) is 31.8. The summed E-state index contributed by atoms with van der Waals surface area (Å²) in [5.74, 6) is -3.81. The van der Waals surface area contributed by atoms with Crippen LogP contribution in [0.3, 0.4) is 0 Å². The van der Waals surface area contributed by atoms with Crippen molar-refractivity contribution in [1.29, 1.82) is 0 Å². The van der Waals surface area contributed by atoms with Crippen LogP contribution in [0.1, 0.15) is 16.0 Å². The van der Waals surface area contributed by atoms with E-state index in [1.165, 1.54) is 11.3 Å². The van der Waals surface area contributed by atoms with Crippen LogP contribution in [-0.4, -0.2) is 51.3 Å². The van der Waals surface area contributed by atoms with Crippen LogP contribution in [0.15, 0.2) is 54.7 Å². The Bertz CT molecular complexity index is 1280. The summed E-state index contributed by atoms with van der Waals surface area (Å²) in [6, 6.07) is 13.2. The zero-order valence-electron chi connectivity index (χ0n) is 19.9. The molecule has 0 radical (unpaired) electrons. The number of aliphatic hydroxyl groups is 1.